The van der Waals surface area contributed by atoms with Crippen molar-refractivity contribution in [3.63, 3.8) is 0 Å². The van der Waals surface area contributed by atoms with Crippen molar-refractivity contribution >= 4 is 17.2 Å². The normalized spacial score (nSPS) is 30.5. The molecular formula is C18H29N7. The lowest BCUT2D eigenvalue weighted by Crippen LogP contribution is -2.49. The molecule has 0 amide bonds. The maximum Gasteiger partial charge on any atom is 0.176 e. The first-order valence-electron chi connectivity index (χ1n) is 9.51. The summed E-state index contributed by atoms with van der Waals surface area (Å²) < 4.78 is 1.79. The number of imidazole rings is 1. The zero-order chi connectivity index (χ0) is 17.4. The fourth-order valence-electron chi connectivity index (χ4n) is 4.49. The third kappa shape index (κ3) is 3.30. The van der Waals surface area contributed by atoms with E-state index < -0.39 is 0 Å². The second-order valence-electron chi connectivity index (χ2n) is 7.70. The van der Waals surface area contributed by atoms with Gasteiger partial charge in [0.25, 0.3) is 0 Å². The van der Waals surface area contributed by atoms with Crippen LogP contribution in [0.2, 0.25) is 0 Å². The summed E-state index contributed by atoms with van der Waals surface area (Å²) in [6.07, 6.45) is 12.4. The molecule has 2 aliphatic carbocycles. The van der Waals surface area contributed by atoms with Crippen LogP contribution in [0.15, 0.2) is 18.5 Å². The molecule has 7 nitrogen and oxygen atoms in total. The molecule has 7 heteroatoms. The number of rotatable bonds is 3. The summed E-state index contributed by atoms with van der Waals surface area (Å²) in [4.78, 5) is 6.81. The summed E-state index contributed by atoms with van der Waals surface area (Å²) >= 11 is 0. The van der Waals surface area contributed by atoms with Gasteiger partial charge in [0.1, 0.15) is 0 Å². The highest BCUT2D eigenvalue weighted by atomic mass is 15.3. The number of hydrogen-bond donors (Lipinski definition) is 3. The number of hydrogen-bond acceptors (Lipinski definition) is 6. The van der Waals surface area contributed by atoms with E-state index in [2.05, 4.69) is 9.88 Å². The topological polar surface area (TPSA) is 111 Å². The largest absolute Gasteiger partial charge is 0.396 e. The summed E-state index contributed by atoms with van der Waals surface area (Å²) in [7, 11) is 0. The van der Waals surface area contributed by atoms with Gasteiger partial charge in [-0.15, -0.1) is 5.10 Å². The van der Waals surface area contributed by atoms with Crippen LogP contribution < -0.4 is 22.1 Å². The first-order chi connectivity index (χ1) is 12.1. The SMILES string of the molecule is Nc1cc(N(C2CCC(N)CC2)C2CCC(N)CC2)nn2ccnc12. The second-order valence-corrected chi connectivity index (χ2v) is 7.70. The van der Waals surface area contributed by atoms with E-state index in [-0.39, 0.29) is 0 Å². The molecule has 2 aliphatic rings. The minimum Gasteiger partial charge on any atom is -0.396 e. The van der Waals surface area contributed by atoms with Gasteiger partial charge in [-0.05, 0) is 51.4 Å². The number of nitrogens with two attached hydrogens (primary N) is 3. The van der Waals surface area contributed by atoms with Crippen LogP contribution in [0.25, 0.3) is 5.65 Å². The van der Waals surface area contributed by atoms with Gasteiger partial charge in [0.05, 0.1) is 5.69 Å². The molecule has 0 saturated heterocycles. The smallest absolute Gasteiger partial charge is 0.176 e. The van der Waals surface area contributed by atoms with Gasteiger partial charge in [-0.25, -0.2) is 9.50 Å². The molecule has 2 aromatic rings. The van der Waals surface area contributed by atoms with Gasteiger partial charge in [-0.2, -0.15) is 0 Å². The van der Waals surface area contributed by atoms with Gasteiger partial charge < -0.3 is 22.1 Å². The molecule has 25 heavy (non-hydrogen) atoms. The average Bonchev–Trinajstić information content (AvgIpc) is 3.08. The Kier molecular flexibility index (Phi) is 4.52. The Balaban J connectivity index is 1.68. The average molecular weight is 343 g/mol. The molecule has 0 aromatic carbocycles. The van der Waals surface area contributed by atoms with Gasteiger partial charge >= 0.3 is 0 Å². The molecule has 4 rings (SSSR count). The third-order valence-electron chi connectivity index (χ3n) is 5.91. The van der Waals surface area contributed by atoms with Gasteiger partial charge in [-0.3, -0.25) is 0 Å². The standard InChI is InChI=1S/C18H29N7/c19-12-1-5-14(6-2-12)25(15-7-3-13(20)4-8-15)17-11-16(21)18-22-9-10-24(18)23-17/h9-15H,1-8,19-21H2. The zero-order valence-electron chi connectivity index (χ0n) is 14.7. The maximum absolute atomic E-state index is 6.25. The van der Waals surface area contributed by atoms with Gasteiger partial charge in [0, 0.05) is 42.6 Å². The minimum atomic E-state index is 0.340. The molecule has 0 atom stereocenters. The Bertz CT molecular complexity index is 689. The van der Waals surface area contributed by atoms with E-state index in [1.54, 1.807) is 10.7 Å². The molecular weight excluding hydrogens is 314 g/mol. The fourth-order valence-corrected chi connectivity index (χ4v) is 4.49. The molecule has 2 saturated carbocycles. The van der Waals surface area contributed by atoms with Crippen molar-refractivity contribution in [2.75, 3.05) is 10.6 Å². The quantitative estimate of drug-likeness (QED) is 0.781. The number of nitrogen functional groups attached to an aromatic ring is 1. The van der Waals surface area contributed by atoms with Crippen LogP contribution in [0.3, 0.4) is 0 Å². The van der Waals surface area contributed by atoms with Crippen LogP contribution in [0.5, 0.6) is 0 Å². The molecule has 2 heterocycles. The minimum absolute atomic E-state index is 0.340. The van der Waals surface area contributed by atoms with Crippen molar-refractivity contribution in [1.82, 2.24) is 14.6 Å². The zero-order valence-corrected chi connectivity index (χ0v) is 14.7. The van der Waals surface area contributed by atoms with Crippen LogP contribution in [0, 0.1) is 0 Å². The maximum atomic E-state index is 6.25. The first-order valence-corrected chi connectivity index (χ1v) is 9.51. The van der Waals surface area contributed by atoms with E-state index in [4.69, 9.17) is 22.3 Å². The lowest BCUT2D eigenvalue weighted by atomic mass is 9.86. The first kappa shape index (κ1) is 16.6. The predicted molar refractivity (Wildman–Crippen MR) is 100 cm³/mol. The van der Waals surface area contributed by atoms with E-state index in [1.165, 1.54) is 0 Å². The molecule has 2 fully saturated rings. The fraction of sp³-hybridized carbons (Fsp3) is 0.667. The lowest BCUT2D eigenvalue weighted by molar-refractivity contribution is 0.309. The van der Waals surface area contributed by atoms with Crippen molar-refractivity contribution in [2.24, 2.45) is 11.5 Å². The van der Waals surface area contributed by atoms with E-state index in [1.807, 2.05) is 12.3 Å². The molecule has 0 bridgehead atoms. The van der Waals surface area contributed by atoms with Crippen molar-refractivity contribution in [1.29, 1.82) is 0 Å². The number of fused-ring (bicyclic) bond motifs is 1. The molecule has 136 valence electrons. The Morgan fingerprint density at radius 3 is 2.04 bits per heavy atom. The highest BCUT2D eigenvalue weighted by Gasteiger charge is 2.33. The van der Waals surface area contributed by atoms with Gasteiger partial charge in [-0.1, -0.05) is 0 Å². The summed E-state index contributed by atoms with van der Waals surface area (Å²) in [5, 5.41) is 4.82. The Morgan fingerprint density at radius 2 is 1.48 bits per heavy atom. The number of aromatic nitrogens is 3. The predicted octanol–water partition coefficient (Wildman–Crippen LogP) is 1.66. The lowest BCUT2D eigenvalue weighted by Gasteiger charge is -2.44. The molecule has 0 unspecified atom stereocenters. The Morgan fingerprint density at radius 1 is 0.920 bits per heavy atom. The molecule has 6 N–H and O–H groups in total. The van der Waals surface area contributed by atoms with Crippen LogP contribution >= 0.6 is 0 Å². The summed E-state index contributed by atoms with van der Waals surface area (Å²) in [6.45, 7) is 0. The van der Waals surface area contributed by atoms with Crippen molar-refractivity contribution in [2.45, 2.75) is 75.5 Å². The van der Waals surface area contributed by atoms with Crippen molar-refractivity contribution in [3.8, 4) is 0 Å². The van der Waals surface area contributed by atoms with Crippen molar-refractivity contribution in [3.05, 3.63) is 18.5 Å². The Hall–Kier alpha value is -1.86. The van der Waals surface area contributed by atoms with Crippen LogP contribution in [0.1, 0.15) is 51.4 Å². The highest BCUT2D eigenvalue weighted by molar-refractivity contribution is 5.68. The third-order valence-corrected chi connectivity index (χ3v) is 5.91. The molecule has 0 aliphatic heterocycles. The van der Waals surface area contributed by atoms with Crippen molar-refractivity contribution < 1.29 is 0 Å². The summed E-state index contributed by atoms with van der Waals surface area (Å²) in [5.41, 5.74) is 19.9. The van der Waals surface area contributed by atoms with Gasteiger partial charge in [0.15, 0.2) is 11.5 Å². The molecule has 0 radical (unpaired) electrons. The van der Waals surface area contributed by atoms with Gasteiger partial charge in [0.2, 0.25) is 0 Å². The Labute approximate surface area is 148 Å². The van der Waals surface area contributed by atoms with E-state index in [9.17, 15) is 0 Å². The van der Waals surface area contributed by atoms with E-state index >= 15 is 0 Å². The molecule has 2 aromatic heterocycles. The molecule has 0 spiro atoms. The number of nitrogens with zero attached hydrogens (tertiary/aromatic N) is 4. The summed E-state index contributed by atoms with van der Waals surface area (Å²) in [6, 6.07) is 3.63. The van der Waals surface area contributed by atoms with E-state index in [0.29, 0.717) is 29.9 Å². The second kappa shape index (κ2) is 6.80. The number of anilines is 2. The van der Waals surface area contributed by atoms with Crippen LogP contribution in [0.4, 0.5) is 11.5 Å². The highest BCUT2D eigenvalue weighted by Crippen LogP contribution is 2.34. The van der Waals surface area contributed by atoms with Crippen LogP contribution in [-0.2, 0) is 0 Å². The van der Waals surface area contributed by atoms with E-state index in [0.717, 1.165) is 62.8 Å². The monoisotopic (exact) mass is 343 g/mol. The summed E-state index contributed by atoms with van der Waals surface area (Å²) in [5.74, 6) is 0.962. The van der Waals surface area contributed by atoms with Crippen LogP contribution in [-0.4, -0.2) is 38.8 Å².